The molecular formula is C21H21F3N6O3S. The van der Waals surface area contributed by atoms with E-state index in [9.17, 15) is 28.0 Å². The first-order valence-corrected chi connectivity index (χ1v) is 11.2. The van der Waals surface area contributed by atoms with Crippen LogP contribution in [-0.2, 0) is 22.3 Å². The summed E-state index contributed by atoms with van der Waals surface area (Å²) in [6.07, 6.45) is -1.52. The first kappa shape index (κ1) is 25.1. The van der Waals surface area contributed by atoms with Gasteiger partial charge < -0.3 is 15.4 Å². The number of ether oxygens (including phenoxy) is 1. The van der Waals surface area contributed by atoms with Crippen LogP contribution >= 0.6 is 11.8 Å². The van der Waals surface area contributed by atoms with Gasteiger partial charge in [0.15, 0.2) is 0 Å². The molecule has 3 rings (SSSR count). The fourth-order valence-electron chi connectivity index (χ4n) is 3.30. The Kier molecular flexibility index (Phi) is 7.51. The molecule has 13 heteroatoms. The number of amides is 2. The number of carbonyl (C=O) groups excluding carboxylic acids is 2. The first-order chi connectivity index (χ1) is 16.1. The van der Waals surface area contributed by atoms with Crippen LogP contribution in [0.3, 0.4) is 0 Å². The van der Waals surface area contributed by atoms with E-state index in [1.54, 1.807) is 17.8 Å². The molecule has 2 N–H and O–H groups in total. The summed E-state index contributed by atoms with van der Waals surface area (Å²) in [6, 6.07) is 1.19. The van der Waals surface area contributed by atoms with E-state index in [1.807, 2.05) is 13.0 Å². The molecule has 1 atom stereocenters. The summed E-state index contributed by atoms with van der Waals surface area (Å²) in [7, 11) is 0. The number of carbonyl (C=O) groups is 2. The maximum Gasteiger partial charge on any atom is 0.433 e. The van der Waals surface area contributed by atoms with Crippen LogP contribution in [-0.4, -0.2) is 39.1 Å². The van der Waals surface area contributed by atoms with Crippen molar-refractivity contribution in [3.63, 3.8) is 0 Å². The van der Waals surface area contributed by atoms with E-state index in [0.29, 0.717) is 12.1 Å². The van der Waals surface area contributed by atoms with Gasteiger partial charge in [0.1, 0.15) is 16.8 Å². The molecule has 0 fully saturated rings. The molecule has 2 aromatic rings. The number of esters is 1. The zero-order valence-electron chi connectivity index (χ0n) is 18.5. The van der Waals surface area contributed by atoms with Crippen molar-refractivity contribution in [3.05, 3.63) is 52.1 Å². The molecule has 34 heavy (non-hydrogen) atoms. The van der Waals surface area contributed by atoms with Crippen LogP contribution in [0.5, 0.6) is 0 Å². The Balaban J connectivity index is 2.04. The highest BCUT2D eigenvalue weighted by molar-refractivity contribution is 7.99. The van der Waals surface area contributed by atoms with Crippen molar-refractivity contribution in [1.82, 2.24) is 25.4 Å². The van der Waals surface area contributed by atoms with Gasteiger partial charge in [-0.05, 0) is 32.4 Å². The monoisotopic (exact) mass is 494 g/mol. The van der Waals surface area contributed by atoms with Gasteiger partial charge in [0, 0.05) is 29.8 Å². The molecule has 3 heterocycles. The molecule has 0 spiro atoms. The van der Waals surface area contributed by atoms with E-state index in [0.717, 1.165) is 17.8 Å². The summed E-state index contributed by atoms with van der Waals surface area (Å²) in [6.45, 7) is 5.53. The number of thioether (sulfide) groups is 1. The summed E-state index contributed by atoms with van der Waals surface area (Å²) in [4.78, 5) is 28.8. The second kappa shape index (κ2) is 10.2. The number of pyridine rings is 1. The highest BCUT2D eigenvalue weighted by atomic mass is 32.2. The van der Waals surface area contributed by atoms with E-state index in [-0.39, 0.29) is 39.8 Å². The normalized spacial score (nSPS) is 16.0. The first-order valence-electron chi connectivity index (χ1n) is 10.2. The molecule has 9 nitrogen and oxygen atoms in total. The van der Waals surface area contributed by atoms with Crippen molar-refractivity contribution < 1.29 is 27.5 Å². The lowest BCUT2D eigenvalue weighted by Crippen LogP contribution is -2.46. The summed E-state index contributed by atoms with van der Waals surface area (Å²) < 4.78 is 46.6. The average molecular weight is 494 g/mol. The lowest BCUT2D eigenvalue weighted by Gasteiger charge is -2.28. The van der Waals surface area contributed by atoms with Crippen LogP contribution < -0.4 is 10.6 Å². The Morgan fingerprint density at radius 3 is 2.71 bits per heavy atom. The van der Waals surface area contributed by atoms with E-state index < -0.39 is 29.9 Å². The SMILES string of the molecule is CCOC(=O)C1=C(CSc2nc(C(F)(F)F)cc(C)c2C#N)NC(=O)NC1c1cnn(CC)c1. The molecule has 180 valence electrons. The number of urea groups is 1. The maximum absolute atomic E-state index is 13.3. The zero-order chi connectivity index (χ0) is 25.0. The van der Waals surface area contributed by atoms with Gasteiger partial charge in [-0.25, -0.2) is 14.6 Å². The number of nitriles is 1. The lowest BCUT2D eigenvalue weighted by molar-refractivity contribution is -0.141. The van der Waals surface area contributed by atoms with Crippen molar-refractivity contribution >= 4 is 23.8 Å². The number of nitrogens with zero attached hydrogens (tertiary/aromatic N) is 4. The quantitative estimate of drug-likeness (QED) is 0.447. The summed E-state index contributed by atoms with van der Waals surface area (Å²) in [5.41, 5.74) is -0.268. The van der Waals surface area contributed by atoms with Gasteiger partial charge in [-0.2, -0.15) is 23.5 Å². The summed E-state index contributed by atoms with van der Waals surface area (Å²) in [5.74, 6) is -0.837. The van der Waals surface area contributed by atoms with Gasteiger partial charge >= 0.3 is 18.2 Å². The highest BCUT2D eigenvalue weighted by Crippen LogP contribution is 2.35. The second-order valence-corrected chi connectivity index (χ2v) is 8.14. The van der Waals surface area contributed by atoms with Crippen LogP contribution in [0, 0.1) is 18.3 Å². The molecule has 0 radical (unpaired) electrons. The van der Waals surface area contributed by atoms with Gasteiger partial charge in [0.2, 0.25) is 0 Å². The molecule has 2 amide bonds. The molecule has 0 saturated heterocycles. The number of aryl methyl sites for hydroxylation is 2. The molecule has 1 aliphatic rings. The minimum Gasteiger partial charge on any atom is -0.463 e. The fraction of sp³-hybridized carbons (Fsp3) is 0.381. The van der Waals surface area contributed by atoms with Crippen LogP contribution in [0.25, 0.3) is 0 Å². The molecule has 1 unspecified atom stereocenters. The largest absolute Gasteiger partial charge is 0.463 e. The van der Waals surface area contributed by atoms with Gasteiger partial charge in [0.05, 0.1) is 30.0 Å². The third-order valence-electron chi connectivity index (χ3n) is 4.90. The Hall–Kier alpha value is -3.53. The maximum atomic E-state index is 13.3. The van der Waals surface area contributed by atoms with Crippen molar-refractivity contribution in [1.29, 1.82) is 5.26 Å². The van der Waals surface area contributed by atoms with E-state index in [2.05, 4.69) is 20.7 Å². The molecule has 0 aromatic carbocycles. The van der Waals surface area contributed by atoms with Crippen LogP contribution in [0.15, 0.2) is 34.8 Å². The topological polar surface area (TPSA) is 122 Å². The number of hydrogen-bond acceptors (Lipinski definition) is 7. The number of nitrogens with one attached hydrogen (secondary N) is 2. The smallest absolute Gasteiger partial charge is 0.433 e. The zero-order valence-corrected chi connectivity index (χ0v) is 19.3. The van der Waals surface area contributed by atoms with E-state index >= 15 is 0 Å². The molecule has 0 saturated carbocycles. The Morgan fingerprint density at radius 1 is 1.38 bits per heavy atom. The van der Waals surface area contributed by atoms with Crippen LogP contribution in [0.2, 0.25) is 0 Å². The Labute approximate surface area is 197 Å². The summed E-state index contributed by atoms with van der Waals surface area (Å²) in [5, 5.41) is 18.7. The molecule has 0 aliphatic carbocycles. The molecular weight excluding hydrogens is 473 g/mol. The van der Waals surface area contributed by atoms with E-state index in [1.165, 1.54) is 13.1 Å². The second-order valence-electron chi connectivity index (χ2n) is 7.18. The van der Waals surface area contributed by atoms with Crippen molar-refractivity contribution in [3.8, 4) is 6.07 Å². The predicted octanol–water partition coefficient (Wildman–Crippen LogP) is 3.46. The number of halogens is 3. The minimum absolute atomic E-state index is 0.0164. The summed E-state index contributed by atoms with van der Waals surface area (Å²) >= 11 is 0.808. The van der Waals surface area contributed by atoms with Gasteiger partial charge in [-0.15, -0.1) is 0 Å². The standard InChI is InChI=1S/C21H21F3N6O3S/c1-4-30-9-12(8-26-30)17-16(19(31)33-5-2)14(27-20(32)29-17)10-34-18-13(7-25)11(3)6-15(28-18)21(22,23)24/h6,8-9,17H,4-5,10H2,1-3H3,(H2,27,29,32). The van der Waals surface area contributed by atoms with Crippen LogP contribution in [0.4, 0.5) is 18.0 Å². The Morgan fingerprint density at radius 2 is 2.12 bits per heavy atom. The van der Waals surface area contributed by atoms with E-state index in [4.69, 9.17) is 4.74 Å². The number of alkyl halides is 3. The minimum atomic E-state index is -4.70. The number of hydrogen-bond donors (Lipinski definition) is 2. The fourth-order valence-corrected chi connectivity index (χ4v) is 4.33. The predicted molar refractivity (Wildman–Crippen MR) is 115 cm³/mol. The third kappa shape index (κ3) is 5.33. The van der Waals surface area contributed by atoms with Gasteiger partial charge in [-0.3, -0.25) is 4.68 Å². The molecule has 2 aromatic heterocycles. The van der Waals surface area contributed by atoms with Gasteiger partial charge in [-0.1, -0.05) is 11.8 Å². The number of rotatable bonds is 7. The highest BCUT2D eigenvalue weighted by Gasteiger charge is 2.36. The lowest BCUT2D eigenvalue weighted by atomic mass is 9.98. The van der Waals surface area contributed by atoms with Crippen LogP contribution in [0.1, 0.15) is 42.3 Å². The third-order valence-corrected chi connectivity index (χ3v) is 5.90. The molecule has 1 aliphatic heterocycles. The molecule has 0 bridgehead atoms. The Bertz CT molecular complexity index is 1190. The van der Waals surface area contributed by atoms with Crippen molar-refractivity contribution in [2.75, 3.05) is 12.4 Å². The number of aromatic nitrogens is 3. The average Bonchev–Trinajstić information content (AvgIpc) is 3.25. The van der Waals surface area contributed by atoms with Gasteiger partial charge in [0.25, 0.3) is 0 Å². The van der Waals surface area contributed by atoms with Crippen molar-refractivity contribution in [2.45, 2.75) is 44.6 Å². The van der Waals surface area contributed by atoms with Crippen molar-refractivity contribution in [2.24, 2.45) is 0 Å².